The van der Waals surface area contributed by atoms with Crippen LogP contribution in [-0.4, -0.2) is 48.4 Å². The standard InChI is InChI=1S/C18H28N6O/c1-12(2)24-14(4)16(13(3)21-24)10-17(25)23-8-6-15(7-9-23)18-20-19-11-22(18)5/h11-12,15H,6-10H2,1-5H3. The van der Waals surface area contributed by atoms with Gasteiger partial charge in [0.05, 0.1) is 12.1 Å². The predicted molar refractivity (Wildman–Crippen MR) is 95.3 cm³/mol. The molecule has 0 unspecified atom stereocenters. The number of hydrogen-bond acceptors (Lipinski definition) is 4. The number of aromatic nitrogens is 5. The Kier molecular flexibility index (Phi) is 4.92. The third-order valence-electron chi connectivity index (χ3n) is 5.25. The Morgan fingerprint density at radius 2 is 1.96 bits per heavy atom. The van der Waals surface area contributed by atoms with Crippen LogP contribution in [0, 0.1) is 13.8 Å². The Morgan fingerprint density at radius 3 is 2.48 bits per heavy atom. The average Bonchev–Trinajstić information content (AvgIpc) is 3.13. The smallest absolute Gasteiger partial charge is 0.227 e. The molecule has 7 nitrogen and oxygen atoms in total. The summed E-state index contributed by atoms with van der Waals surface area (Å²) >= 11 is 0. The van der Waals surface area contributed by atoms with E-state index in [1.165, 1.54) is 0 Å². The summed E-state index contributed by atoms with van der Waals surface area (Å²) in [7, 11) is 1.98. The molecule has 0 bridgehead atoms. The number of nitrogens with zero attached hydrogens (tertiary/aromatic N) is 6. The Labute approximate surface area is 149 Å². The maximum absolute atomic E-state index is 12.8. The lowest BCUT2D eigenvalue weighted by Gasteiger charge is -2.31. The van der Waals surface area contributed by atoms with Crippen molar-refractivity contribution < 1.29 is 4.79 Å². The van der Waals surface area contributed by atoms with E-state index in [9.17, 15) is 4.79 Å². The molecule has 3 rings (SSSR count). The van der Waals surface area contributed by atoms with Gasteiger partial charge >= 0.3 is 0 Å². The van der Waals surface area contributed by atoms with E-state index in [4.69, 9.17) is 0 Å². The molecule has 1 saturated heterocycles. The normalized spacial score (nSPS) is 16.0. The van der Waals surface area contributed by atoms with Crippen molar-refractivity contribution in [1.82, 2.24) is 29.4 Å². The van der Waals surface area contributed by atoms with Crippen LogP contribution in [0.5, 0.6) is 0 Å². The molecule has 7 heteroatoms. The summed E-state index contributed by atoms with van der Waals surface area (Å²) in [4.78, 5) is 14.8. The lowest BCUT2D eigenvalue weighted by molar-refractivity contribution is -0.131. The van der Waals surface area contributed by atoms with Crippen LogP contribution in [0.2, 0.25) is 0 Å². The number of likely N-dealkylation sites (tertiary alicyclic amines) is 1. The summed E-state index contributed by atoms with van der Waals surface area (Å²) in [5.74, 6) is 1.62. The summed E-state index contributed by atoms with van der Waals surface area (Å²) in [6.07, 6.45) is 4.08. The van der Waals surface area contributed by atoms with Gasteiger partial charge in [-0.25, -0.2) is 0 Å². The average molecular weight is 344 g/mol. The molecular weight excluding hydrogens is 316 g/mol. The van der Waals surface area contributed by atoms with Crippen molar-refractivity contribution in [2.24, 2.45) is 7.05 Å². The van der Waals surface area contributed by atoms with Crippen molar-refractivity contribution in [2.45, 2.75) is 58.9 Å². The predicted octanol–water partition coefficient (Wildman–Crippen LogP) is 2.16. The summed E-state index contributed by atoms with van der Waals surface area (Å²) in [6.45, 7) is 9.85. The van der Waals surface area contributed by atoms with Gasteiger partial charge in [0.15, 0.2) is 0 Å². The number of rotatable bonds is 4. The number of carbonyl (C=O) groups is 1. The molecule has 3 heterocycles. The Balaban J connectivity index is 1.63. The quantitative estimate of drug-likeness (QED) is 0.852. The topological polar surface area (TPSA) is 68.8 Å². The second-order valence-electron chi connectivity index (χ2n) is 7.32. The fourth-order valence-electron chi connectivity index (χ4n) is 3.77. The zero-order valence-electron chi connectivity index (χ0n) is 15.9. The van der Waals surface area contributed by atoms with Crippen molar-refractivity contribution in [3.63, 3.8) is 0 Å². The Bertz CT molecular complexity index is 752. The van der Waals surface area contributed by atoms with Crippen molar-refractivity contribution in [2.75, 3.05) is 13.1 Å². The first kappa shape index (κ1) is 17.6. The molecule has 1 fully saturated rings. The monoisotopic (exact) mass is 344 g/mol. The van der Waals surface area contributed by atoms with Crippen LogP contribution in [0.4, 0.5) is 0 Å². The van der Waals surface area contributed by atoms with Gasteiger partial charge in [0.1, 0.15) is 12.2 Å². The van der Waals surface area contributed by atoms with Crippen LogP contribution in [0.25, 0.3) is 0 Å². The second-order valence-corrected chi connectivity index (χ2v) is 7.32. The largest absolute Gasteiger partial charge is 0.342 e. The van der Waals surface area contributed by atoms with Crippen molar-refractivity contribution in [3.8, 4) is 0 Å². The van der Waals surface area contributed by atoms with Gasteiger partial charge < -0.3 is 9.47 Å². The summed E-state index contributed by atoms with van der Waals surface area (Å²) in [6, 6.07) is 0.310. The van der Waals surface area contributed by atoms with Gasteiger partial charge in [-0.05, 0) is 40.5 Å². The fraction of sp³-hybridized carbons (Fsp3) is 0.667. The van der Waals surface area contributed by atoms with E-state index in [1.54, 1.807) is 6.33 Å². The molecule has 0 aromatic carbocycles. The zero-order chi connectivity index (χ0) is 18.1. The highest BCUT2D eigenvalue weighted by atomic mass is 16.2. The molecule has 0 N–H and O–H groups in total. The van der Waals surface area contributed by atoms with Crippen LogP contribution in [0.15, 0.2) is 6.33 Å². The molecule has 0 atom stereocenters. The van der Waals surface area contributed by atoms with Gasteiger partial charge in [0.2, 0.25) is 5.91 Å². The molecule has 0 radical (unpaired) electrons. The van der Waals surface area contributed by atoms with Crippen LogP contribution in [0.1, 0.15) is 61.4 Å². The van der Waals surface area contributed by atoms with Gasteiger partial charge in [-0.1, -0.05) is 0 Å². The van der Waals surface area contributed by atoms with Crippen LogP contribution >= 0.6 is 0 Å². The molecular formula is C18H28N6O. The molecule has 25 heavy (non-hydrogen) atoms. The zero-order valence-corrected chi connectivity index (χ0v) is 15.9. The minimum Gasteiger partial charge on any atom is -0.342 e. The van der Waals surface area contributed by atoms with E-state index in [0.717, 1.165) is 48.7 Å². The first-order valence-electron chi connectivity index (χ1n) is 9.04. The molecule has 136 valence electrons. The summed E-state index contributed by atoms with van der Waals surface area (Å²) in [5.41, 5.74) is 3.15. The number of amides is 1. The molecule has 0 spiro atoms. The van der Waals surface area contributed by atoms with Crippen LogP contribution in [-0.2, 0) is 18.3 Å². The van der Waals surface area contributed by atoms with E-state index in [2.05, 4.69) is 36.1 Å². The van der Waals surface area contributed by atoms with Crippen molar-refractivity contribution in [3.05, 3.63) is 29.1 Å². The minimum absolute atomic E-state index is 0.200. The molecule has 0 aliphatic carbocycles. The van der Waals surface area contributed by atoms with Gasteiger partial charge in [-0.3, -0.25) is 9.48 Å². The molecule has 2 aromatic heterocycles. The third-order valence-corrected chi connectivity index (χ3v) is 5.25. The highest BCUT2D eigenvalue weighted by Gasteiger charge is 2.27. The Morgan fingerprint density at radius 1 is 1.28 bits per heavy atom. The first-order chi connectivity index (χ1) is 11.9. The van der Waals surface area contributed by atoms with Crippen molar-refractivity contribution >= 4 is 5.91 Å². The summed E-state index contributed by atoms with van der Waals surface area (Å²) in [5, 5.41) is 12.8. The van der Waals surface area contributed by atoms with E-state index in [0.29, 0.717) is 18.4 Å². The maximum Gasteiger partial charge on any atom is 0.227 e. The fourth-order valence-corrected chi connectivity index (χ4v) is 3.77. The van der Waals surface area contributed by atoms with E-state index >= 15 is 0 Å². The van der Waals surface area contributed by atoms with Gasteiger partial charge in [0.25, 0.3) is 0 Å². The number of carbonyl (C=O) groups excluding carboxylic acids is 1. The van der Waals surface area contributed by atoms with Gasteiger partial charge in [-0.15, -0.1) is 10.2 Å². The SMILES string of the molecule is Cc1nn(C(C)C)c(C)c1CC(=O)N1CCC(c2nncn2C)CC1. The molecule has 1 aliphatic rings. The molecule has 0 saturated carbocycles. The van der Waals surface area contributed by atoms with E-state index in [1.807, 2.05) is 28.1 Å². The molecule has 1 aliphatic heterocycles. The minimum atomic E-state index is 0.200. The third kappa shape index (κ3) is 3.45. The van der Waals surface area contributed by atoms with Gasteiger partial charge in [0, 0.05) is 43.4 Å². The Hall–Kier alpha value is -2.18. The maximum atomic E-state index is 12.8. The second kappa shape index (κ2) is 6.98. The highest BCUT2D eigenvalue weighted by molar-refractivity contribution is 5.79. The van der Waals surface area contributed by atoms with E-state index in [-0.39, 0.29) is 5.91 Å². The van der Waals surface area contributed by atoms with Crippen LogP contribution < -0.4 is 0 Å². The molecule has 2 aromatic rings. The first-order valence-corrected chi connectivity index (χ1v) is 9.04. The van der Waals surface area contributed by atoms with Crippen LogP contribution in [0.3, 0.4) is 0 Å². The van der Waals surface area contributed by atoms with Crippen molar-refractivity contribution in [1.29, 1.82) is 0 Å². The van der Waals surface area contributed by atoms with E-state index < -0.39 is 0 Å². The highest BCUT2D eigenvalue weighted by Crippen LogP contribution is 2.27. The lowest BCUT2D eigenvalue weighted by Crippen LogP contribution is -2.39. The number of piperidine rings is 1. The van der Waals surface area contributed by atoms with Gasteiger partial charge in [-0.2, -0.15) is 5.10 Å². The number of hydrogen-bond donors (Lipinski definition) is 0. The lowest BCUT2D eigenvalue weighted by atomic mass is 9.95. The number of aryl methyl sites for hydroxylation is 2. The summed E-state index contributed by atoms with van der Waals surface area (Å²) < 4.78 is 3.99. The molecule has 1 amide bonds.